The summed E-state index contributed by atoms with van der Waals surface area (Å²) in [5.41, 5.74) is 0.618. The lowest BCUT2D eigenvalue weighted by molar-refractivity contribution is -0.887. The molecule has 0 bridgehead atoms. The van der Waals surface area contributed by atoms with Crippen LogP contribution in [0.5, 0.6) is 0 Å². The Balaban J connectivity index is 2.99. The van der Waals surface area contributed by atoms with Crippen LogP contribution in [-0.4, -0.2) is 58.9 Å². The van der Waals surface area contributed by atoms with E-state index in [-0.39, 0.29) is 6.42 Å². The first-order valence-corrected chi connectivity index (χ1v) is 5.96. The summed E-state index contributed by atoms with van der Waals surface area (Å²) in [6.45, 7) is -2.40. The molecule has 0 radical (unpaired) electrons. The summed E-state index contributed by atoms with van der Waals surface area (Å²) in [7, 11) is 2.80. The number of aromatic amines is 1. The van der Waals surface area contributed by atoms with E-state index in [2.05, 4.69) is 9.97 Å². The van der Waals surface area contributed by atoms with Crippen molar-refractivity contribution in [2.75, 3.05) is 27.3 Å². The SMILES string of the molecule is [2H]C([2H])([2H])[N+](C)(C)C(Cc1cnc(SC)[nH]1)C(=O)O. The summed E-state index contributed by atoms with van der Waals surface area (Å²) in [5, 5.41) is 9.97. The van der Waals surface area contributed by atoms with Gasteiger partial charge in [0.25, 0.3) is 0 Å². The lowest BCUT2D eigenvalue weighted by Crippen LogP contribution is -2.51. The Bertz CT molecular complexity index is 459. The number of carboxylic acid groups (broad SMARTS) is 1. The van der Waals surface area contributed by atoms with Gasteiger partial charge in [-0.1, -0.05) is 11.8 Å². The molecule has 0 saturated heterocycles. The maximum Gasteiger partial charge on any atom is 0.362 e. The van der Waals surface area contributed by atoms with Gasteiger partial charge in [-0.2, -0.15) is 0 Å². The van der Waals surface area contributed by atoms with E-state index >= 15 is 0 Å². The number of thioether (sulfide) groups is 1. The molecule has 5 nitrogen and oxygen atoms in total. The fourth-order valence-corrected chi connectivity index (χ4v) is 1.74. The highest BCUT2D eigenvalue weighted by atomic mass is 32.2. The molecule has 1 aromatic rings. The van der Waals surface area contributed by atoms with Crippen LogP contribution in [0.2, 0.25) is 0 Å². The van der Waals surface area contributed by atoms with Crippen LogP contribution in [0.15, 0.2) is 11.4 Å². The van der Waals surface area contributed by atoms with E-state index in [1.807, 2.05) is 6.26 Å². The molecule has 1 unspecified atom stereocenters. The lowest BCUT2D eigenvalue weighted by Gasteiger charge is -2.30. The zero-order chi connectivity index (χ0) is 14.8. The van der Waals surface area contributed by atoms with Gasteiger partial charge in [0, 0.05) is 11.9 Å². The first-order valence-electron chi connectivity index (χ1n) is 6.24. The Morgan fingerprint density at radius 2 is 2.50 bits per heavy atom. The fourth-order valence-electron chi connectivity index (χ4n) is 1.35. The van der Waals surface area contributed by atoms with Gasteiger partial charge in [-0.3, -0.25) is 0 Å². The fraction of sp³-hybridized carbons (Fsp3) is 0.600. The van der Waals surface area contributed by atoms with Gasteiger partial charge in [0.1, 0.15) is 0 Å². The molecule has 16 heavy (non-hydrogen) atoms. The van der Waals surface area contributed by atoms with E-state index in [0.717, 1.165) is 0 Å². The van der Waals surface area contributed by atoms with Crippen molar-refractivity contribution in [3.05, 3.63) is 11.9 Å². The average molecular weight is 247 g/mol. The third kappa shape index (κ3) is 3.24. The van der Waals surface area contributed by atoms with E-state index in [1.165, 1.54) is 25.9 Å². The Labute approximate surface area is 104 Å². The standard InChI is InChI=1S/C10H17N3O2S/c1-13(2,3)8(9(14)15)5-7-6-11-10(12-7)16-4/h6,8H,5H2,1-4H3,(H-,11,12,14,15)/p+1/i1D3. The van der Waals surface area contributed by atoms with E-state index < -0.39 is 23.5 Å². The van der Waals surface area contributed by atoms with Crippen LogP contribution in [-0.2, 0) is 11.2 Å². The number of hydrogen-bond acceptors (Lipinski definition) is 3. The molecule has 6 heteroatoms. The number of H-pyrrole nitrogens is 1. The molecule has 2 N–H and O–H groups in total. The number of likely N-dealkylation sites (N-methyl/N-ethyl adjacent to an activating group) is 1. The monoisotopic (exact) mass is 247 g/mol. The second-order valence-electron chi connectivity index (χ2n) is 4.02. The van der Waals surface area contributed by atoms with Crippen LogP contribution < -0.4 is 0 Å². The summed E-state index contributed by atoms with van der Waals surface area (Å²) >= 11 is 1.41. The third-order valence-electron chi connectivity index (χ3n) is 2.28. The van der Waals surface area contributed by atoms with Gasteiger partial charge in [-0.25, -0.2) is 9.78 Å². The minimum Gasteiger partial charge on any atom is -0.477 e. The van der Waals surface area contributed by atoms with Gasteiger partial charge in [0.05, 0.1) is 31.6 Å². The van der Waals surface area contributed by atoms with E-state index in [1.54, 1.807) is 6.20 Å². The van der Waals surface area contributed by atoms with Crippen molar-refractivity contribution in [2.24, 2.45) is 0 Å². The number of imidazole rings is 1. The third-order valence-corrected chi connectivity index (χ3v) is 2.87. The molecule has 1 heterocycles. The van der Waals surface area contributed by atoms with Crippen molar-refractivity contribution >= 4 is 17.7 Å². The number of carbonyl (C=O) groups is 1. The maximum atomic E-state index is 11.4. The van der Waals surface area contributed by atoms with Crippen molar-refractivity contribution in [3.63, 3.8) is 0 Å². The van der Waals surface area contributed by atoms with Gasteiger partial charge < -0.3 is 14.6 Å². The molecule has 0 spiro atoms. The largest absolute Gasteiger partial charge is 0.477 e. The second-order valence-corrected chi connectivity index (χ2v) is 4.81. The number of nitrogens with one attached hydrogen (secondary N) is 1. The number of carboxylic acids is 1. The minimum absolute atomic E-state index is 0.0916. The normalized spacial score (nSPS) is 17.3. The molecule has 90 valence electrons. The van der Waals surface area contributed by atoms with Crippen molar-refractivity contribution < 1.29 is 18.5 Å². The Morgan fingerprint density at radius 3 is 2.94 bits per heavy atom. The number of hydrogen-bond donors (Lipinski definition) is 2. The highest BCUT2D eigenvalue weighted by Gasteiger charge is 2.31. The molecule has 0 amide bonds. The molecular formula is C10H18N3O2S+. The highest BCUT2D eigenvalue weighted by molar-refractivity contribution is 7.98. The zero-order valence-corrected chi connectivity index (χ0v) is 10.3. The summed E-state index contributed by atoms with van der Waals surface area (Å²) in [5.74, 6) is -1.14. The quantitative estimate of drug-likeness (QED) is 0.597. The summed E-state index contributed by atoms with van der Waals surface area (Å²) < 4.78 is 21.8. The van der Waals surface area contributed by atoms with Gasteiger partial charge in [0.15, 0.2) is 11.2 Å². The van der Waals surface area contributed by atoms with Crippen molar-refractivity contribution in [1.29, 1.82) is 0 Å². The van der Waals surface area contributed by atoms with E-state index in [0.29, 0.717) is 10.9 Å². The molecule has 0 aliphatic carbocycles. The van der Waals surface area contributed by atoms with Crippen LogP contribution in [0.25, 0.3) is 0 Å². The molecule has 0 aliphatic rings. The lowest BCUT2D eigenvalue weighted by atomic mass is 10.1. The Kier molecular flexibility index (Phi) is 2.77. The summed E-state index contributed by atoms with van der Waals surface area (Å²) in [6, 6.07) is -1.07. The summed E-state index contributed by atoms with van der Waals surface area (Å²) in [6.07, 6.45) is 3.48. The minimum atomic E-state index is -2.40. The van der Waals surface area contributed by atoms with Crippen LogP contribution >= 0.6 is 11.8 Å². The van der Waals surface area contributed by atoms with Gasteiger partial charge >= 0.3 is 5.97 Å². The molecule has 1 aromatic heterocycles. The predicted molar refractivity (Wildman–Crippen MR) is 63.5 cm³/mol. The van der Waals surface area contributed by atoms with Crippen molar-refractivity contribution in [1.82, 2.24) is 9.97 Å². The molecular weight excluding hydrogens is 226 g/mol. The predicted octanol–water partition coefficient (Wildman–Crippen LogP) is 0.834. The van der Waals surface area contributed by atoms with E-state index in [9.17, 15) is 9.90 Å². The maximum absolute atomic E-state index is 11.4. The Morgan fingerprint density at radius 1 is 1.81 bits per heavy atom. The van der Waals surface area contributed by atoms with E-state index in [4.69, 9.17) is 4.11 Å². The Hall–Kier alpha value is -1.01. The van der Waals surface area contributed by atoms with Gasteiger partial charge in [-0.05, 0) is 6.26 Å². The van der Waals surface area contributed by atoms with Crippen LogP contribution in [0.1, 0.15) is 9.81 Å². The zero-order valence-electron chi connectivity index (χ0n) is 12.5. The second kappa shape index (κ2) is 4.88. The van der Waals surface area contributed by atoms with Crippen molar-refractivity contribution in [3.8, 4) is 0 Å². The molecule has 1 rings (SSSR count). The smallest absolute Gasteiger partial charge is 0.362 e. The topological polar surface area (TPSA) is 66.0 Å². The van der Waals surface area contributed by atoms with Crippen LogP contribution in [0.3, 0.4) is 0 Å². The van der Waals surface area contributed by atoms with Gasteiger partial charge in [-0.15, -0.1) is 0 Å². The summed E-state index contributed by atoms with van der Waals surface area (Å²) in [4.78, 5) is 18.4. The molecule has 0 saturated carbocycles. The van der Waals surface area contributed by atoms with Gasteiger partial charge in [0.2, 0.25) is 0 Å². The van der Waals surface area contributed by atoms with Crippen molar-refractivity contribution in [2.45, 2.75) is 17.6 Å². The molecule has 0 aliphatic heterocycles. The first-order chi connectivity index (χ1) is 8.59. The van der Waals surface area contributed by atoms with Crippen LogP contribution in [0.4, 0.5) is 0 Å². The molecule has 1 atom stereocenters. The number of quaternary nitrogens is 1. The first kappa shape index (κ1) is 9.07. The number of nitrogens with zero attached hydrogens (tertiary/aromatic N) is 2. The number of rotatable bonds is 5. The van der Waals surface area contributed by atoms with Crippen LogP contribution in [0, 0.1) is 0 Å². The average Bonchev–Trinajstić information content (AvgIpc) is 2.71. The number of aromatic nitrogens is 2. The molecule has 0 fully saturated rings. The number of aliphatic carboxylic acids is 1. The highest BCUT2D eigenvalue weighted by Crippen LogP contribution is 2.14. The molecule has 0 aromatic carbocycles.